The Labute approximate surface area is 143 Å². The number of hydrogen-bond donors (Lipinski definition) is 1. The number of carboxylic acids is 1. The van der Waals surface area contributed by atoms with Crippen LogP contribution >= 0.6 is 0 Å². The van der Waals surface area contributed by atoms with Gasteiger partial charge in [0, 0.05) is 25.6 Å². The summed E-state index contributed by atoms with van der Waals surface area (Å²) in [5, 5.41) is 9.23. The first kappa shape index (κ1) is 17.1. The fourth-order valence-corrected chi connectivity index (χ4v) is 4.39. The molecule has 1 aromatic heterocycles. The lowest BCUT2D eigenvalue weighted by atomic mass is 9.69. The molecule has 1 amide bonds. The van der Waals surface area contributed by atoms with Crippen molar-refractivity contribution >= 4 is 11.9 Å². The number of nitrogens with zero attached hydrogens (tertiary/aromatic N) is 1. The van der Waals surface area contributed by atoms with Crippen molar-refractivity contribution in [2.45, 2.75) is 64.7 Å². The molecule has 5 heteroatoms. The van der Waals surface area contributed by atoms with Crippen LogP contribution in [0.4, 0.5) is 0 Å². The summed E-state index contributed by atoms with van der Waals surface area (Å²) in [5.74, 6) is -0.648. The van der Waals surface area contributed by atoms with Crippen LogP contribution in [0.1, 0.15) is 85.0 Å². The van der Waals surface area contributed by atoms with Crippen LogP contribution in [-0.4, -0.2) is 35.0 Å². The van der Waals surface area contributed by atoms with Crippen molar-refractivity contribution in [1.82, 2.24) is 4.90 Å². The summed E-state index contributed by atoms with van der Waals surface area (Å²) in [5.41, 5.74) is 0.538. The van der Waals surface area contributed by atoms with Gasteiger partial charge in [0.1, 0.15) is 11.3 Å². The maximum absolute atomic E-state index is 12.8. The minimum Gasteiger partial charge on any atom is -0.478 e. The lowest BCUT2D eigenvalue weighted by Gasteiger charge is -2.36. The molecule has 5 nitrogen and oxygen atoms in total. The molecule has 1 aliphatic heterocycles. The van der Waals surface area contributed by atoms with Crippen molar-refractivity contribution in [3.8, 4) is 0 Å². The third kappa shape index (κ3) is 3.35. The van der Waals surface area contributed by atoms with Gasteiger partial charge in [0.05, 0.1) is 0 Å². The van der Waals surface area contributed by atoms with Gasteiger partial charge in [0.15, 0.2) is 5.76 Å². The molecule has 0 unspecified atom stereocenters. The highest BCUT2D eigenvalue weighted by atomic mass is 16.4. The average molecular weight is 333 g/mol. The number of aromatic carboxylic acids is 1. The zero-order valence-corrected chi connectivity index (χ0v) is 14.5. The monoisotopic (exact) mass is 333 g/mol. The first-order valence-electron chi connectivity index (χ1n) is 9.20. The Morgan fingerprint density at radius 1 is 1.12 bits per heavy atom. The average Bonchev–Trinajstić information content (AvgIpc) is 2.93. The molecular formula is C19H27NO4. The van der Waals surface area contributed by atoms with E-state index in [0.29, 0.717) is 17.6 Å². The van der Waals surface area contributed by atoms with E-state index < -0.39 is 5.97 Å². The van der Waals surface area contributed by atoms with Gasteiger partial charge in [-0.3, -0.25) is 4.79 Å². The molecule has 1 saturated heterocycles. The Kier molecular flexibility index (Phi) is 4.97. The Morgan fingerprint density at radius 2 is 1.83 bits per heavy atom. The van der Waals surface area contributed by atoms with Crippen LogP contribution in [0.5, 0.6) is 0 Å². The normalized spacial score (nSPS) is 20.8. The fraction of sp³-hybridized carbons (Fsp3) is 0.684. The molecule has 1 saturated carbocycles. The van der Waals surface area contributed by atoms with E-state index in [4.69, 9.17) is 4.42 Å². The van der Waals surface area contributed by atoms with Gasteiger partial charge in [0.25, 0.3) is 5.91 Å². The van der Waals surface area contributed by atoms with Crippen molar-refractivity contribution in [3.05, 3.63) is 23.2 Å². The molecule has 0 bridgehead atoms. The van der Waals surface area contributed by atoms with Gasteiger partial charge in [-0.1, -0.05) is 26.2 Å². The minimum absolute atomic E-state index is 0.111. The summed E-state index contributed by atoms with van der Waals surface area (Å²) in [6.07, 6.45) is 10.3. The fourth-order valence-electron chi connectivity index (χ4n) is 4.39. The van der Waals surface area contributed by atoms with E-state index in [1.54, 1.807) is 0 Å². The number of furan rings is 1. The predicted octanol–water partition coefficient (Wildman–Crippen LogP) is 4.12. The van der Waals surface area contributed by atoms with E-state index in [1.807, 2.05) is 11.8 Å². The highest BCUT2D eigenvalue weighted by molar-refractivity contribution is 5.96. The highest BCUT2D eigenvalue weighted by Gasteiger charge is 2.35. The third-order valence-corrected chi connectivity index (χ3v) is 5.82. The number of carbonyl (C=O) groups excluding carboxylic acids is 1. The molecule has 2 aliphatic rings. The Morgan fingerprint density at radius 3 is 2.46 bits per heavy atom. The van der Waals surface area contributed by atoms with Gasteiger partial charge in [-0.15, -0.1) is 0 Å². The predicted molar refractivity (Wildman–Crippen MR) is 90.3 cm³/mol. The van der Waals surface area contributed by atoms with Crippen molar-refractivity contribution in [1.29, 1.82) is 0 Å². The van der Waals surface area contributed by atoms with Crippen LogP contribution in [0, 0.1) is 5.41 Å². The number of amides is 1. The van der Waals surface area contributed by atoms with Gasteiger partial charge < -0.3 is 14.4 Å². The summed E-state index contributed by atoms with van der Waals surface area (Å²) in [6, 6.07) is 1.39. The first-order chi connectivity index (χ1) is 11.5. The zero-order chi connectivity index (χ0) is 17.2. The molecular weight excluding hydrogens is 306 g/mol. The van der Waals surface area contributed by atoms with E-state index in [2.05, 4.69) is 0 Å². The van der Waals surface area contributed by atoms with Crippen LogP contribution < -0.4 is 0 Å². The van der Waals surface area contributed by atoms with E-state index in [-0.39, 0.29) is 17.2 Å². The van der Waals surface area contributed by atoms with Gasteiger partial charge >= 0.3 is 5.97 Å². The standard InChI is InChI=1S/C19H27NO4/c1-2-15-14(18(22)23)13-16(24-15)17(21)20-11-6-9-19(10-12-20)7-4-3-5-8-19/h13H,2-12H2,1H3,(H,22,23). The summed E-state index contributed by atoms with van der Waals surface area (Å²) >= 11 is 0. The lowest BCUT2D eigenvalue weighted by molar-refractivity contribution is 0.0690. The van der Waals surface area contributed by atoms with Crippen molar-refractivity contribution in [2.75, 3.05) is 13.1 Å². The molecule has 0 radical (unpaired) electrons. The summed E-state index contributed by atoms with van der Waals surface area (Å²) < 4.78 is 5.55. The van der Waals surface area contributed by atoms with Crippen LogP contribution in [0.15, 0.2) is 10.5 Å². The number of likely N-dealkylation sites (tertiary alicyclic amines) is 1. The van der Waals surface area contributed by atoms with Crippen LogP contribution in [0.3, 0.4) is 0 Å². The number of carboxylic acid groups (broad SMARTS) is 1. The van der Waals surface area contributed by atoms with Crippen LogP contribution in [0.2, 0.25) is 0 Å². The maximum Gasteiger partial charge on any atom is 0.339 e. The van der Waals surface area contributed by atoms with Crippen LogP contribution in [0.25, 0.3) is 0 Å². The molecule has 2 heterocycles. The topological polar surface area (TPSA) is 70.8 Å². The second-order valence-electron chi connectivity index (χ2n) is 7.31. The van der Waals surface area contributed by atoms with Crippen molar-refractivity contribution in [2.24, 2.45) is 5.41 Å². The molecule has 1 N–H and O–H groups in total. The van der Waals surface area contributed by atoms with Gasteiger partial charge in [-0.25, -0.2) is 4.79 Å². The molecule has 2 fully saturated rings. The SMILES string of the molecule is CCc1oc(C(=O)N2CCCC3(CCCCC3)CC2)cc1C(=O)O. The number of hydrogen-bond acceptors (Lipinski definition) is 3. The van der Waals surface area contributed by atoms with E-state index in [1.165, 1.54) is 44.6 Å². The van der Waals surface area contributed by atoms with Crippen molar-refractivity contribution < 1.29 is 19.1 Å². The lowest BCUT2D eigenvalue weighted by Crippen LogP contribution is -2.33. The summed E-state index contributed by atoms with van der Waals surface area (Å²) in [4.78, 5) is 25.9. The van der Waals surface area contributed by atoms with E-state index >= 15 is 0 Å². The Hall–Kier alpha value is -1.78. The first-order valence-corrected chi connectivity index (χ1v) is 9.20. The van der Waals surface area contributed by atoms with Gasteiger partial charge in [0.2, 0.25) is 0 Å². The second kappa shape index (κ2) is 6.99. The molecule has 1 spiro atoms. The number of rotatable bonds is 3. The third-order valence-electron chi connectivity index (χ3n) is 5.82. The summed E-state index contributed by atoms with van der Waals surface area (Å²) in [7, 11) is 0. The van der Waals surface area contributed by atoms with Gasteiger partial charge in [-0.05, 0) is 37.5 Å². The summed E-state index contributed by atoms with van der Waals surface area (Å²) in [6.45, 7) is 3.33. The Bertz CT molecular complexity index is 613. The highest BCUT2D eigenvalue weighted by Crippen LogP contribution is 2.44. The molecule has 24 heavy (non-hydrogen) atoms. The minimum atomic E-state index is -1.04. The second-order valence-corrected chi connectivity index (χ2v) is 7.31. The quantitative estimate of drug-likeness (QED) is 0.903. The molecule has 1 aromatic rings. The zero-order valence-electron chi connectivity index (χ0n) is 14.5. The van der Waals surface area contributed by atoms with Crippen molar-refractivity contribution in [3.63, 3.8) is 0 Å². The molecule has 1 aliphatic carbocycles. The Balaban J connectivity index is 1.72. The van der Waals surface area contributed by atoms with E-state index in [9.17, 15) is 14.7 Å². The number of aryl methyl sites for hydroxylation is 1. The molecule has 0 aromatic carbocycles. The molecule has 3 rings (SSSR count). The van der Waals surface area contributed by atoms with E-state index in [0.717, 1.165) is 25.9 Å². The maximum atomic E-state index is 12.8. The largest absolute Gasteiger partial charge is 0.478 e. The molecule has 132 valence electrons. The van der Waals surface area contributed by atoms with Gasteiger partial charge in [-0.2, -0.15) is 0 Å². The number of carbonyl (C=O) groups is 2. The smallest absolute Gasteiger partial charge is 0.339 e. The van der Waals surface area contributed by atoms with Crippen LogP contribution in [-0.2, 0) is 6.42 Å². The molecule has 0 atom stereocenters.